The number of hydrogen-bond acceptors (Lipinski definition) is 4. The van der Waals surface area contributed by atoms with Crippen molar-refractivity contribution in [3.8, 4) is 0 Å². The largest absolute Gasteiger partial charge is 0.398 e. The molecule has 1 fully saturated rings. The topological polar surface area (TPSA) is 84.7 Å². The number of nitrogen functional groups attached to an aromatic ring is 1. The highest BCUT2D eigenvalue weighted by molar-refractivity contribution is 7.90. The Bertz CT molecular complexity index is 524. The number of anilines is 2. The number of nitrogens with zero attached hydrogens (tertiary/aromatic N) is 1. The first kappa shape index (κ1) is 13.1. The molecule has 0 aromatic heterocycles. The molecule has 7 heteroatoms. The number of hydrogen-bond donors (Lipinski definition) is 2. The van der Waals surface area contributed by atoms with Crippen molar-refractivity contribution in [3.05, 3.63) is 23.8 Å². The average molecular weight is 271 g/mol. The van der Waals surface area contributed by atoms with Crippen molar-refractivity contribution in [2.75, 3.05) is 36.8 Å². The van der Waals surface area contributed by atoms with Gasteiger partial charge < -0.3 is 10.5 Å². The monoisotopic (exact) mass is 271 g/mol. The van der Waals surface area contributed by atoms with Crippen molar-refractivity contribution >= 4 is 21.6 Å². The van der Waals surface area contributed by atoms with E-state index in [1.54, 1.807) is 25.1 Å². The van der Waals surface area contributed by atoms with Crippen LogP contribution in [-0.4, -0.2) is 39.0 Å². The third-order valence-electron chi connectivity index (χ3n) is 2.92. The molecule has 0 unspecified atom stereocenters. The van der Waals surface area contributed by atoms with Gasteiger partial charge in [-0.2, -0.15) is 12.7 Å². The molecule has 0 bridgehead atoms. The van der Waals surface area contributed by atoms with E-state index in [0.29, 0.717) is 37.7 Å². The molecule has 1 aromatic carbocycles. The zero-order valence-electron chi connectivity index (χ0n) is 10.2. The Morgan fingerprint density at radius 1 is 1.33 bits per heavy atom. The first-order valence-corrected chi connectivity index (χ1v) is 7.15. The third kappa shape index (κ3) is 2.74. The van der Waals surface area contributed by atoms with Crippen molar-refractivity contribution in [2.45, 2.75) is 6.92 Å². The smallest absolute Gasteiger partial charge is 0.301 e. The van der Waals surface area contributed by atoms with Crippen LogP contribution in [0.3, 0.4) is 0 Å². The highest BCUT2D eigenvalue weighted by atomic mass is 32.2. The maximum Gasteiger partial charge on any atom is 0.301 e. The van der Waals surface area contributed by atoms with E-state index in [1.807, 2.05) is 0 Å². The molecule has 0 aliphatic carbocycles. The summed E-state index contributed by atoms with van der Waals surface area (Å²) in [5, 5.41) is 0. The van der Waals surface area contributed by atoms with E-state index in [4.69, 9.17) is 10.5 Å². The molecule has 1 aliphatic rings. The molecule has 6 nitrogen and oxygen atoms in total. The Morgan fingerprint density at radius 3 is 2.67 bits per heavy atom. The van der Waals surface area contributed by atoms with Crippen LogP contribution in [0, 0.1) is 6.92 Å². The minimum Gasteiger partial charge on any atom is -0.398 e. The fourth-order valence-corrected chi connectivity index (χ4v) is 3.01. The molecule has 100 valence electrons. The molecule has 2 rings (SSSR count). The zero-order chi connectivity index (χ0) is 13.2. The summed E-state index contributed by atoms with van der Waals surface area (Å²) in [6.07, 6.45) is 0. The summed E-state index contributed by atoms with van der Waals surface area (Å²) >= 11 is 0. The average Bonchev–Trinajstić information content (AvgIpc) is 2.36. The minimum atomic E-state index is -3.53. The Morgan fingerprint density at radius 2 is 2.00 bits per heavy atom. The van der Waals surface area contributed by atoms with E-state index < -0.39 is 10.2 Å². The van der Waals surface area contributed by atoms with Crippen LogP contribution in [0.4, 0.5) is 11.4 Å². The van der Waals surface area contributed by atoms with Crippen LogP contribution in [0.25, 0.3) is 0 Å². The van der Waals surface area contributed by atoms with Crippen molar-refractivity contribution < 1.29 is 13.2 Å². The summed E-state index contributed by atoms with van der Waals surface area (Å²) < 4.78 is 33.3. The quantitative estimate of drug-likeness (QED) is 0.787. The lowest BCUT2D eigenvalue weighted by Crippen LogP contribution is -2.43. The van der Waals surface area contributed by atoms with Gasteiger partial charge in [-0.3, -0.25) is 4.72 Å². The van der Waals surface area contributed by atoms with E-state index in [1.165, 1.54) is 4.31 Å². The van der Waals surface area contributed by atoms with Crippen LogP contribution in [0.1, 0.15) is 5.56 Å². The predicted molar refractivity (Wildman–Crippen MR) is 70.5 cm³/mol. The summed E-state index contributed by atoms with van der Waals surface area (Å²) in [5.74, 6) is 0. The normalized spacial score (nSPS) is 17.6. The fraction of sp³-hybridized carbons (Fsp3) is 0.455. The predicted octanol–water partition coefficient (Wildman–Crippen LogP) is 0.566. The van der Waals surface area contributed by atoms with Crippen LogP contribution in [-0.2, 0) is 14.9 Å². The number of nitrogens with two attached hydrogens (primary N) is 1. The molecule has 1 saturated heterocycles. The number of nitrogens with one attached hydrogen (secondary N) is 1. The first-order valence-electron chi connectivity index (χ1n) is 5.71. The molecule has 0 spiro atoms. The van der Waals surface area contributed by atoms with Crippen LogP contribution in [0.5, 0.6) is 0 Å². The molecular weight excluding hydrogens is 254 g/mol. The number of benzene rings is 1. The molecule has 1 heterocycles. The fourth-order valence-electron chi connectivity index (χ4n) is 1.75. The van der Waals surface area contributed by atoms with Crippen molar-refractivity contribution in [1.29, 1.82) is 0 Å². The highest BCUT2D eigenvalue weighted by Gasteiger charge is 2.24. The summed E-state index contributed by atoms with van der Waals surface area (Å²) in [4.78, 5) is 0. The second kappa shape index (κ2) is 5.13. The van der Waals surface area contributed by atoms with E-state index >= 15 is 0 Å². The van der Waals surface area contributed by atoms with E-state index in [-0.39, 0.29) is 0 Å². The van der Waals surface area contributed by atoms with Gasteiger partial charge in [-0.05, 0) is 24.6 Å². The van der Waals surface area contributed by atoms with Crippen molar-refractivity contribution in [1.82, 2.24) is 4.31 Å². The third-order valence-corrected chi connectivity index (χ3v) is 4.45. The van der Waals surface area contributed by atoms with Gasteiger partial charge in [0.25, 0.3) is 0 Å². The van der Waals surface area contributed by atoms with Gasteiger partial charge in [-0.25, -0.2) is 0 Å². The van der Waals surface area contributed by atoms with Gasteiger partial charge in [-0.15, -0.1) is 0 Å². The Kier molecular flexibility index (Phi) is 3.74. The van der Waals surface area contributed by atoms with Crippen molar-refractivity contribution in [2.24, 2.45) is 0 Å². The second-order valence-electron chi connectivity index (χ2n) is 4.14. The Labute approximate surface area is 107 Å². The van der Waals surface area contributed by atoms with Crippen LogP contribution >= 0.6 is 0 Å². The van der Waals surface area contributed by atoms with Gasteiger partial charge in [0, 0.05) is 18.8 Å². The molecule has 1 aliphatic heterocycles. The summed E-state index contributed by atoms with van der Waals surface area (Å²) in [7, 11) is -3.53. The zero-order valence-corrected chi connectivity index (χ0v) is 11.0. The number of morpholine rings is 1. The molecular formula is C11H17N3O3S. The van der Waals surface area contributed by atoms with E-state index in [9.17, 15) is 8.42 Å². The number of rotatable bonds is 3. The molecule has 3 N–H and O–H groups in total. The molecule has 0 saturated carbocycles. The summed E-state index contributed by atoms with van der Waals surface area (Å²) in [6.45, 7) is 3.38. The lowest BCUT2D eigenvalue weighted by Gasteiger charge is -2.26. The van der Waals surface area contributed by atoms with E-state index in [0.717, 1.165) is 5.56 Å². The molecule has 0 radical (unpaired) electrons. The first-order chi connectivity index (χ1) is 8.50. The van der Waals surface area contributed by atoms with E-state index in [2.05, 4.69) is 4.72 Å². The van der Waals surface area contributed by atoms with Gasteiger partial charge in [0.1, 0.15) is 0 Å². The van der Waals surface area contributed by atoms with Gasteiger partial charge in [0.15, 0.2) is 0 Å². The van der Waals surface area contributed by atoms with Crippen LogP contribution in [0.15, 0.2) is 18.2 Å². The summed E-state index contributed by atoms with van der Waals surface area (Å²) in [5.41, 5.74) is 7.56. The second-order valence-corrected chi connectivity index (χ2v) is 5.81. The lowest BCUT2D eigenvalue weighted by atomic mass is 10.2. The maximum absolute atomic E-state index is 12.1. The van der Waals surface area contributed by atoms with Gasteiger partial charge in [0.05, 0.1) is 18.9 Å². The Hall–Kier alpha value is -1.31. The lowest BCUT2D eigenvalue weighted by molar-refractivity contribution is 0.0733. The Balaban J connectivity index is 2.19. The highest BCUT2D eigenvalue weighted by Crippen LogP contribution is 2.22. The standard InChI is InChI=1S/C11H17N3O3S/c1-9-10(12)3-2-4-11(9)13-18(15,16)14-5-7-17-8-6-14/h2-4,13H,5-8,12H2,1H3. The SMILES string of the molecule is Cc1c(N)cccc1NS(=O)(=O)N1CCOCC1. The van der Waals surface area contributed by atoms with Crippen molar-refractivity contribution in [3.63, 3.8) is 0 Å². The molecule has 0 amide bonds. The summed E-state index contributed by atoms with van der Waals surface area (Å²) in [6, 6.07) is 5.16. The van der Waals surface area contributed by atoms with Crippen LogP contribution < -0.4 is 10.5 Å². The van der Waals surface area contributed by atoms with Gasteiger partial charge in [0.2, 0.25) is 0 Å². The van der Waals surface area contributed by atoms with Crippen LogP contribution in [0.2, 0.25) is 0 Å². The van der Waals surface area contributed by atoms with Gasteiger partial charge >= 0.3 is 10.2 Å². The maximum atomic E-state index is 12.1. The number of ether oxygens (including phenoxy) is 1. The molecule has 0 atom stereocenters. The molecule has 1 aromatic rings. The van der Waals surface area contributed by atoms with Gasteiger partial charge in [-0.1, -0.05) is 6.07 Å². The molecule has 18 heavy (non-hydrogen) atoms. The minimum absolute atomic E-state index is 0.372.